The van der Waals surface area contributed by atoms with Crippen LogP contribution in [0.5, 0.6) is 0 Å². The first-order valence-corrected chi connectivity index (χ1v) is 8.35. The van der Waals surface area contributed by atoms with E-state index in [1.165, 1.54) is 10.4 Å². The first-order chi connectivity index (χ1) is 10.6. The lowest BCUT2D eigenvalue weighted by Crippen LogP contribution is -2.22. The summed E-state index contributed by atoms with van der Waals surface area (Å²) in [4.78, 5) is 19.5. The minimum Gasteiger partial charge on any atom is -0.361 e. The molecule has 3 aromatic heterocycles. The quantitative estimate of drug-likeness (QED) is 0.729. The van der Waals surface area contributed by atoms with Crippen LogP contribution in [0.25, 0.3) is 10.2 Å². The fraction of sp³-hybridized carbons (Fsp3) is 0.438. The third kappa shape index (κ3) is 2.18. The summed E-state index contributed by atoms with van der Waals surface area (Å²) in [5, 5.41) is 4.77. The summed E-state index contributed by atoms with van der Waals surface area (Å²) in [6.07, 6.45) is 4.83. The Morgan fingerprint density at radius 3 is 3.14 bits per heavy atom. The number of aryl methyl sites for hydroxylation is 2. The maximum Gasteiger partial charge on any atom is 0.262 e. The molecule has 0 bridgehead atoms. The van der Waals surface area contributed by atoms with Crippen molar-refractivity contribution in [2.24, 2.45) is 5.92 Å². The molecule has 0 unspecified atom stereocenters. The topological polar surface area (TPSA) is 60.9 Å². The summed E-state index contributed by atoms with van der Waals surface area (Å²) in [6, 6.07) is 1.85. The van der Waals surface area contributed by atoms with Gasteiger partial charge in [-0.2, -0.15) is 0 Å². The van der Waals surface area contributed by atoms with Crippen molar-refractivity contribution in [3.05, 3.63) is 44.6 Å². The monoisotopic (exact) mass is 315 g/mol. The van der Waals surface area contributed by atoms with Gasteiger partial charge in [0.25, 0.3) is 5.56 Å². The van der Waals surface area contributed by atoms with Gasteiger partial charge in [0.1, 0.15) is 16.3 Å². The molecule has 0 radical (unpaired) electrons. The largest absolute Gasteiger partial charge is 0.361 e. The summed E-state index contributed by atoms with van der Waals surface area (Å²) < 4.78 is 6.70. The molecule has 6 heteroatoms. The molecule has 0 aliphatic heterocycles. The molecule has 4 rings (SSSR count). The number of fused-ring (bicyclic) bond motifs is 3. The molecule has 0 saturated heterocycles. The van der Waals surface area contributed by atoms with Gasteiger partial charge in [-0.05, 0) is 37.7 Å². The molecule has 0 amide bonds. The van der Waals surface area contributed by atoms with Gasteiger partial charge in [-0.3, -0.25) is 9.36 Å². The van der Waals surface area contributed by atoms with E-state index in [9.17, 15) is 4.79 Å². The van der Waals surface area contributed by atoms with Gasteiger partial charge in [0.2, 0.25) is 0 Å². The summed E-state index contributed by atoms with van der Waals surface area (Å²) in [5.41, 5.74) is 2.01. The minimum absolute atomic E-state index is 0.0395. The van der Waals surface area contributed by atoms with Crippen molar-refractivity contribution in [3.8, 4) is 0 Å². The third-order valence-electron chi connectivity index (χ3n) is 4.29. The van der Waals surface area contributed by atoms with Crippen molar-refractivity contribution in [1.82, 2.24) is 14.7 Å². The molecule has 1 aliphatic rings. The molecule has 5 nitrogen and oxygen atoms in total. The van der Waals surface area contributed by atoms with Gasteiger partial charge in [-0.25, -0.2) is 4.98 Å². The van der Waals surface area contributed by atoms with Crippen molar-refractivity contribution in [3.63, 3.8) is 0 Å². The van der Waals surface area contributed by atoms with E-state index in [0.29, 0.717) is 12.5 Å². The molecule has 0 fully saturated rings. The van der Waals surface area contributed by atoms with Crippen LogP contribution in [-0.2, 0) is 19.4 Å². The Labute approximate surface area is 131 Å². The summed E-state index contributed by atoms with van der Waals surface area (Å²) >= 11 is 1.68. The van der Waals surface area contributed by atoms with E-state index in [1.54, 1.807) is 22.2 Å². The molecule has 1 aliphatic carbocycles. The molecule has 114 valence electrons. The van der Waals surface area contributed by atoms with Gasteiger partial charge in [0, 0.05) is 10.9 Å². The molecule has 3 heterocycles. The van der Waals surface area contributed by atoms with E-state index in [4.69, 9.17) is 4.52 Å². The standard InChI is InChI=1S/C16H17N3O2S/c1-9-3-4-12-13(5-9)22-15-14(12)16(20)19(8-17-15)7-11-6-10(2)21-18-11/h6,8-9H,3-5,7H2,1-2H3/t9-/m1/s1. The predicted molar refractivity (Wildman–Crippen MR) is 85.4 cm³/mol. The average molecular weight is 315 g/mol. The molecule has 22 heavy (non-hydrogen) atoms. The Morgan fingerprint density at radius 2 is 2.36 bits per heavy atom. The highest BCUT2D eigenvalue weighted by Crippen LogP contribution is 2.35. The molecular formula is C16H17N3O2S. The second-order valence-corrected chi connectivity index (χ2v) is 7.22. The normalized spacial score (nSPS) is 17.8. The maximum atomic E-state index is 12.8. The molecule has 3 aromatic rings. The number of rotatable bonds is 2. The van der Waals surface area contributed by atoms with Crippen LogP contribution in [0.1, 0.15) is 35.2 Å². The minimum atomic E-state index is 0.0395. The Hall–Kier alpha value is -1.95. The number of thiophene rings is 1. The number of hydrogen-bond donors (Lipinski definition) is 0. The fourth-order valence-electron chi connectivity index (χ4n) is 3.15. The number of hydrogen-bond acceptors (Lipinski definition) is 5. The van der Waals surface area contributed by atoms with Crippen molar-refractivity contribution >= 4 is 21.6 Å². The SMILES string of the molecule is Cc1cc(Cn2cnc3sc4c(c3c2=O)CC[C@@H](C)C4)no1. The lowest BCUT2D eigenvalue weighted by Gasteiger charge is -2.17. The van der Waals surface area contributed by atoms with E-state index in [-0.39, 0.29) is 5.56 Å². The summed E-state index contributed by atoms with van der Waals surface area (Å²) in [6.45, 7) is 4.52. The molecule has 0 spiro atoms. The van der Waals surface area contributed by atoms with Gasteiger partial charge in [0.05, 0.1) is 18.3 Å². The Bertz CT molecular complexity index is 906. The van der Waals surface area contributed by atoms with E-state index < -0.39 is 0 Å². The number of aromatic nitrogens is 3. The van der Waals surface area contributed by atoms with Gasteiger partial charge >= 0.3 is 0 Å². The van der Waals surface area contributed by atoms with Crippen molar-refractivity contribution in [1.29, 1.82) is 0 Å². The van der Waals surface area contributed by atoms with Crippen LogP contribution in [0.15, 0.2) is 21.7 Å². The Morgan fingerprint density at radius 1 is 1.50 bits per heavy atom. The van der Waals surface area contributed by atoms with Crippen LogP contribution in [-0.4, -0.2) is 14.7 Å². The fourth-order valence-corrected chi connectivity index (χ4v) is 4.49. The lowest BCUT2D eigenvalue weighted by atomic mass is 9.89. The van der Waals surface area contributed by atoms with Crippen LogP contribution in [0.4, 0.5) is 0 Å². The smallest absolute Gasteiger partial charge is 0.262 e. The highest BCUT2D eigenvalue weighted by molar-refractivity contribution is 7.18. The zero-order valence-electron chi connectivity index (χ0n) is 12.6. The van der Waals surface area contributed by atoms with Crippen molar-refractivity contribution < 1.29 is 4.52 Å². The summed E-state index contributed by atoms with van der Waals surface area (Å²) in [5.74, 6) is 1.44. The van der Waals surface area contributed by atoms with E-state index in [0.717, 1.165) is 40.9 Å². The van der Waals surface area contributed by atoms with Gasteiger partial charge in [0.15, 0.2) is 0 Å². The van der Waals surface area contributed by atoms with Gasteiger partial charge in [-0.1, -0.05) is 12.1 Å². The summed E-state index contributed by atoms with van der Waals surface area (Å²) in [7, 11) is 0. The Kier molecular flexibility index (Phi) is 3.14. The highest BCUT2D eigenvalue weighted by Gasteiger charge is 2.23. The molecule has 0 N–H and O–H groups in total. The van der Waals surface area contributed by atoms with E-state index in [1.807, 2.05) is 13.0 Å². The van der Waals surface area contributed by atoms with Crippen LogP contribution in [0.2, 0.25) is 0 Å². The zero-order chi connectivity index (χ0) is 15.3. The third-order valence-corrected chi connectivity index (χ3v) is 5.45. The van der Waals surface area contributed by atoms with Crippen LogP contribution >= 0.6 is 11.3 Å². The van der Waals surface area contributed by atoms with Crippen molar-refractivity contribution in [2.45, 2.75) is 39.7 Å². The Balaban J connectivity index is 1.81. The van der Waals surface area contributed by atoms with E-state index >= 15 is 0 Å². The zero-order valence-corrected chi connectivity index (χ0v) is 13.4. The van der Waals surface area contributed by atoms with Crippen molar-refractivity contribution in [2.75, 3.05) is 0 Å². The predicted octanol–water partition coefficient (Wildman–Crippen LogP) is 2.93. The lowest BCUT2D eigenvalue weighted by molar-refractivity contribution is 0.388. The van der Waals surface area contributed by atoms with Gasteiger partial charge in [-0.15, -0.1) is 11.3 Å². The van der Waals surface area contributed by atoms with Gasteiger partial charge < -0.3 is 4.52 Å². The molecular weight excluding hydrogens is 298 g/mol. The molecule has 0 saturated carbocycles. The first kappa shape index (κ1) is 13.7. The maximum absolute atomic E-state index is 12.8. The van der Waals surface area contributed by atoms with Crippen LogP contribution < -0.4 is 5.56 Å². The first-order valence-electron chi connectivity index (χ1n) is 7.53. The molecule has 0 aromatic carbocycles. The van der Waals surface area contributed by atoms with Crippen LogP contribution in [0.3, 0.4) is 0 Å². The number of nitrogens with zero attached hydrogens (tertiary/aromatic N) is 3. The second-order valence-electron chi connectivity index (χ2n) is 6.14. The van der Waals surface area contributed by atoms with E-state index in [2.05, 4.69) is 17.1 Å². The average Bonchev–Trinajstić information content (AvgIpc) is 3.05. The van der Waals surface area contributed by atoms with Crippen LogP contribution in [0, 0.1) is 12.8 Å². The molecule has 1 atom stereocenters. The highest BCUT2D eigenvalue weighted by atomic mass is 32.1. The second kappa shape index (κ2) is 5.05.